The molecule has 120 valence electrons. The van der Waals surface area contributed by atoms with Gasteiger partial charge in [0.1, 0.15) is 0 Å². The molecule has 0 bridgehead atoms. The van der Waals surface area contributed by atoms with E-state index in [1.54, 1.807) is 0 Å². The second kappa shape index (κ2) is 7.93. The Kier molecular flexibility index (Phi) is 5.43. The summed E-state index contributed by atoms with van der Waals surface area (Å²) in [6, 6.07) is 20.0. The number of nitrogens with one attached hydrogen (secondary N) is 2. The molecule has 1 aliphatic rings. The highest BCUT2D eigenvalue weighted by atomic mass is 16.1. The zero-order valence-electron chi connectivity index (χ0n) is 13.4. The Balaban J connectivity index is 1.74. The number of amides is 1. The lowest BCUT2D eigenvalue weighted by atomic mass is 9.90. The van der Waals surface area contributed by atoms with Gasteiger partial charge in [0.2, 0.25) is 5.91 Å². The minimum Gasteiger partial charge on any atom is -0.355 e. The highest BCUT2D eigenvalue weighted by Gasteiger charge is 2.23. The van der Waals surface area contributed by atoms with Crippen LogP contribution in [0.3, 0.4) is 0 Å². The molecule has 1 heterocycles. The van der Waals surface area contributed by atoms with Crippen LogP contribution in [-0.2, 0) is 4.79 Å². The van der Waals surface area contributed by atoms with Crippen LogP contribution in [0.2, 0.25) is 0 Å². The first-order valence-corrected chi connectivity index (χ1v) is 8.43. The maximum atomic E-state index is 12.9. The molecule has 23 heavy (non-hydrogen) atoms. The van der Waals surface area contributed by atoms with Crippen molar-refractivity contribution in [2.75, 3.05) is 19.6 Å². The summed E-state index contributed by atoms with van der Waals surface area (Å²) in [6.07, 6.45) is 2.38. The molecule has 1 aliphatic heterocycles. The van der Waals surface area contributed by atoms with Crippen molar-refractivity contribution in [1.29, 1.82) is 0 Å². The Labute approximate surface area is 138 Å². The maximum absolute atomic E-state index is 12.9. The van der Waals surface area contributed by atoms with E-state index in [4.69, 9.17) is 0 Å². The predicted molar refractivity (Wildman–Crippen MR) is 93.3 cm³/mol. The van der Waals surface area contributed by atoms with Gasteiger partial charge in [0.05, 0.1) is 5.92 Å². The lowest BCUT2D eigenvalue weighted by Gasteiger charge is -2.24. The highest BCUT2D eigenvalue weighted by molar-refractivity contribution is 5.87. The van der Waals surface area contributed by atoms with Crippen LogP contribution in [0.4, 0.5) is 0 Å². The van der Waals surface area contributed by atoms with Crippen molar-refractivity contribution in [3.63, 3.8) is 0 Å². The molecular weight excluding hydrogens is 284 g/mol. The van der Waals surface area contributed by atoms with E-state index in [-0.39, 0.29) is 11.8 Å². The summed E-state index contributed by atoms with van der Waals surface area (Å²) in [5.41, 5.74) is 2.08. The minimum atomic E-state index is -0.242. The van der Waals surface area contributed by atoms with Crippen LogP contribution in [0.1, 0.15) is 29.9 Å². The van der Waals surface area contributed by atoms with Crippen LogP contribution in [0.25, 0.3) is 0 Å². The molecule has 3 rings (SSSR count). The van der Waals surface area contributed by atoms with Crippen LogP contribution in [0.5, 0.6) is 0 Å². The van der Waals surface area contributed by atoms with Gasteiger partial charge in [0.25, 0.3) is 0 Å². The molecule has 0 aromatic heterocycles. The third kappa shape index (κ3) is 4.20. The third-order valence-corrected chi connectivity index (χ3v) is 4.49. The van der Waals surface area contributed by atoms with Crippen molar-refractivity contribution in [1.82, 2.24) is 10.6 Å². The standard InChI is InChI=1S/C20H24N2O/c23-20(22-15-16-8-7-13-21-14-16)19(17-9-3-1-4-10-17)18-11-5-2-6-12-18/h1-6,9-12,16,19,21H,7-8,13-15H2,(H,22,23). The summed E-state index contributed by atoms with van der Waals surface area (Å²) >= 11 is 0. The van der Waals surface area contributed by atoms with E-state index in [0.717, 1.165) is 30.8 Å². The number of hydrogen-bond donors (Lipinski definition) is 2. The van der Waals surface area contributed by atoms with Crippen molar-refractivity contribution < 1.29 is 4.79 Å². The van der Waals surface area contributed by atoms with Crippen LogP contribution in [-0.4, -0.2) is 25.5 Å². The number of carbonyl (C=O) groups is 1. The summed E-state index contributed by atoms with van der Waals surface area (Å²) < 4.78 is 0. The van der Waals surface area contributed by atoms with E-state index >= 15 is 0 Å². The van der Waals surface area contributed by atoms with Gasteiger partial charge in [-0.15, -0.1) is 0 Å². The molecule has 1 saturated heterocycles. The average Bonchev–Trinajstić information content (AvgIpc) is 2.63. The van der Waals surface area contributed by atoms with E-state index in [1.165, 1.54) is 12.8 Å². The Hall–Kier alpha value is -2.13. The summed E-state index contributed by atoms with van der Waals surface area (Å²) in [5, 5.41) is 6.57. The number of hydrogen-bond acceptors (Lipinski definition) is 2. The van der Waals surface area contributed by atoms with E-state index in [0.29, 0.717) is 5.92 Å². The fourth-order valence-electron chi connectivity index (χ4n) is 3.23. The average molecular weight is 308 g/mol. The van der Waals surface area contributed by atoms with Crippen LogP contribution >= 0.6 is 0 Å². The van der Waals surface area contributed by atoms with Crippen LogP contribution < -0.4 is 10.6 Å². The first kappa shape index (κ1) is 15.8. The van der Waals surface area contributed by atoms with Gasteiger partial charge >= 0.3 is 0 Å². The second-order valence-corrected chi connectivity index (χ2v) is 6.21. The molecule has 1 atom stereocenters. The summed E-state index contributed by atoms with van der Waals surface area (Å²) in [5.74, 6) is 0.391. The van der Waals surface area contributed by atoms with Gasteiger partial charge in [-0.1, -0.05) is 60.7 Å². The zero-order chi connectivity index (χ0) is 15.9. The van der Waals surface area contributed by atoms with Crippen molar-refractivity contribution >= 4 is 5.91 Å². The smallest absolute Gasteiger partial charge is 0.232 e. The monoisotopic (exact) mass is 308 g/mol. The Morgan fingerprint density at radius 2 is 1.65 bits per heavy atom. The van der Waals surface area contributed by atoms with Crippen LogP contribution in [0, 0.1) is 5.92 Å². The molecule has 0 saturated carbocycles. The number of rotatable bonds is 5. The summed E-state index contributed by atoms with van der Waals surface area (Å²) in [4.78, 5) is 12.9. The molecule has 2 aromatic carbocycles. The maximum Gasteiger partial charge on any atom is 0.232 e. The third-order valence-electron chi connectivity index (χ3n) is 4.49. The van der Waals surface area contributed by atoms with Gasteiger partial charge in [0, 0.05) is 6.54 Å². The Morgan fingerprint density at radius 1 is 1.04 bits per heavy atom. The van der Waals surface area contributed by atoms with E-state index in [2.05, 4.69) is 10.6 Å². The topological polar surface area (TPSA) is 41.1 Å². The largest absolute Gasteiger partial charge is 0.355 e. The van der Waals surface area contributed by atoms with Crippen molar-refractivity contribution in [2.24, 2.45) is 5.92 Å². The molecule has 0 aliphatic carbocycles. The quantitative estimate of drug-likeness (QED) is 0.891. The molecule has 1 fully saturated rings. The van der Waals surface area contributed by atoms with Gasteiger partial charge in [0.15, 0.2) is 0 Å². The minimum absolute atomic E-state index is 0.0907. The fourth-order valence-corrected chi connectivity index (χ4v) is 3.23. The second-order valence-electron chi connectivity index (χ2n) is 6.21. The predicted octanol–water partition coefficient (Wildman–Crippen LogP) is 2.93. The molecule has 0 radical (unpaired) electrons. The summed E-state index contributed by atoms with van der Waals surface area (Å²) in [6.45, 7) is 2.85. The number of piperidine rings is 1. The molecule has 1 amide bonds. The van der Waals surface area contributed by atoms with Crippen LogP contribution in [0.15, 0.2) is 60.7 Å². The molecule has 2 aromatic rings. The highest BCUT2D eigenvalue weighted by Crippen LogP contribution is 2.24. The van der Waals surface area contributed by atoms with Crippen molar-refractivity contribution in [3.8, 4) is 0 Å². The van der Waals surface area contributed by atoms with Gasteiger partial charge in [-0.25, -0.2) is 0 Å². The Morgan fingerprint density at radius 3 is 2.17 bits per heavy atom. The van der Waals surface area contributed by atoms with Gasteiger partial charge in [-0.2, -0.15) is 0 Å². The molecular formula is C20H24N2O. The number of carbonyl (C=O) groups excluding carboxylic acids is 1. The first-order chi connectivity index (χ1) is 11.3. The zero-order valence-corrected chi connectivity index (χ0v) is 13.4. The first-order valence-electron chi connectivity index (χ1n) is 8.43. The molecule has 1 unspecified atom stereocenters. The normalized spacial score (nSPS) is 17.9. The fraction of sp³-hybridized carbons (Fsp3) is 0.350. The van der Waals surface area contributed by atoms with Gasteiger partial charge in [-0.3, -0.25) is 4.79 Å². The van der Waals surface area contributed by atoms with E-state index in [9.17, 15) is 4.79 Å². The van der Waals surface area contributed by atoms with Gasteiger partial charge < -0.3 is 10.6 Å². The van der Waals surface area contributed by atoms with Crippen molar-refractivity contribution in [2.45, 2.75) is 18.8 Å². The SMILES string of the molecule is O=C(NCC1CCCNC1)C(c1ccccc1)c1ccccc1. The lowest BCUT2D eigenvalue weighted by molar-refractivity contribution is -0.121. The lowest BCUT2D eigenvalue weighted by Crippen LogP contribution is -2.39. The van der Waals surface area contributed by atoms with E-state index < -0.39 is 0 Å². The Bertz CT molecular complexity index is 567. The summed E-state index contributed by atoms with van der Waals surface area (Å²) in [7, 11) is 0. The van der Waals surface area contributed by atoms with E-state index in [1.807, 2.05) is 60.7 Å². The van der Waals surface area contributed by atoms with Crippen molar-refractivity contribution in [3.05, 3.63) is 71.8 Å². The molecule has 3 nitrogen and oxygen atoms in total. The molecule has 3 heteroatoms. The van der Waals surface area contributed by atoms with Gasteiger partial charge in [-0.05, 0) is 43.0 Å². The molecule has 2 N–H and O–H groups in total. The number of benzene rings is 2. The molecule has 0 spiro atoms.